The summed E-state index contributed by atoms with van der Waals surface area (Å²) in [5.74, 6) is 1.41. The van der Waals surface area contributed by atoms with Crippen LogP contribution in [-0.4, -0.2) is 36.0 Å². The van der Waals surface area contributed by atoms with Gasteiger partial charge in [0.2, 0.25) is 0 Å². The van der Waals surface area contributed by atoms with Crippen LogP contribution in [-0.2, 0) is 0 Å². The van der Waals surface area contributed by atoms with Crippen LogP contribution >= 0.6 is 0 Å². The zero-order chi connectivity index (χ0) is 17.6. The molecule has 0 radical (unpaired) electrons. The number of benzene rings is 1. The number of anilines is 1. The molecule has 5 rings (SSSR count). The highest BCUT2D eigenvalue weighted by Crippen LogP contribution is 2.33. The molecule has 5 nitrogen and oxygen atoms in total. The average Bonchev–Trinajstić information content (AvgIpc) is 3.08. The normalized spacial score (nSPS) is 28.1. The first-order chi connectivity index (χ1) is 12.0. The topological polar surface area (TPSA) is 71.5 Å². The largest absolute Gasteiger partial charge is 0.451 e. The third-order valence-electron chi connectivity index (χ3n) is 5.78. The zero-order valence-electron chi connectivity index (χ0n) is 14.8. The molecule has 0 spiro atoms. The summed E-state index contributed by atoms with van der Waals surface area (Å²) in [5, 5.41) is 3.20. The van der Waals surface area contributed by atoms with Crippen molar-refractivity contribution >= 4 is 11.6 Å². The molecule has 2 atom stereocenters. The van der Waals surface area contributed by atoms with E-state index in [1.54, 1.807) is 6.07 Å². The third-order valence-corrected chi connectivity index (χ3v) is 5.78. The minimum Gasteiger partial charge on any atom is -0.451 e. The van der Waals surface area contributed by atoms with E-state index in [4.69, 9.17) is 10.2 Å². The summed E-state index contributed by atoms with van der Waals surface area (Å²) in [4.78, 5) is 15.1. The van der Waals surface area contributed by atoms with Crippen LogP contribution in [0.3, 0.4) is 0 Å². The van der Waals surface area contributed by atoms with Crippen molar-refractivity contribution in [3.8, 4) is 11.3 Å². The Morgan fingerprint density at radius 2 is 2.00 bits per heavy atom. The molecule has 4 heterocycles. The van der Waals surface area contributed by atoms with Crippen molar-refractivity contribution in [1.82, 2.24) is 10.2 Å². The number of nitrogens with one attached hydrogen (secondary N) is 1. The van der Waals surface area contributed by atoms with Crippen LogP contribution in [0.5, 0.6) is 0 Å². The molecule has 3 saturated heterocycles. The SMILES string of the molecule is Cc1ccc(-c2ccc(C(=O)N[C@@H]3C4CCN(CC4)[C@H]3C)o2)c(N)c1. The van der Waals surface area contributed by atoms with Gasteiger partial charge in [0.1, 0.15) is 5.76 Å². The number of rotatable bonds is 3. The molecule has 2 aromatic rings. The second-order valence-corrected chi connectivity index (χ2v) is 7.37. The second kappa shape index (κ2) is 6.23. The van der Waals surface area contributed by atoms with Crippen molar-refractivity contribution < 1.29 is 9.21 Å². The van der Waals surface area contributed by atoms with Gasteiger partial charge in [-0.2, -0.15) is 0 Å². The lowest BCUT2D eigenvalue weighted by atomic mass is 9.79. The van der Waals surface area contributed by atoms with Crippen molar-refractivity contribution in [3.05, 3.63) is 41.7 Å². The summed E-state index contributed by atoms with van der Waals surface area (Å²) >= 11 is 0. The van der Waals surface area contributed by atoms with Crippen molar-refractivity contribution in [1.29, 1.82) is 0 Å². The maximum Gasteiger partial charge on any atom is 0.287 e. The Bertz CT molecular complexity index is 788. The molecular weight excluding hydrogens is 314 g/mol. The smallest absolute Gasteiger partial charge is 0.287 e. The highest BCUT2D eigenvalue weighted by atomic mass is 16.3. The molecule has 3 fully saturated rings. The first-order valence-corrected chi connectivity index (χ1v) is 9.04. The molecule has 25 heavy (non-hydrogen) atoms. The van der Waals surface area contributed by atoms with Crippen LogP contribution in [0.25, 0.3) is 11.3 Å². The van der Waals surface area contributed by atoms with Crippen molar-refractivity contribution in [2.45, 2.75) is 38.8 Å². The van der Waals surface area contributed by atoms with Crippen molar-refractivity contribution in [3.63, 3.8) is 0 Å². The first kappa shape index (κ1) is 16.2. The van der Waals surface area contributed by atoms with Gasteiger partial charge in [-0.05, 0) is 75.5 Å². The maximum absolute atomic E-state index is 12.7. The fourth-order valence-corrected chi connectivity index (χ4v) is 4.28. The first-order valence-electron chi connectivity index (χ1n) is 9.04. The van der Waals surface area contributed by atoms with Gasteiger partial charge in [0.25, 0.3) is 5.91 Å². The predicted molar refractivity (Wildman–Crippen MR) is 98.3 cm³/mol. The molecule has 5 heteroatoms. The zero-order valence-corrected chi connectivity index (χ0v) is 14.8. The Kier molecular flexibility index (Phi) is 4.04. The van der Waals surface area contributed by atoms with E-state index >= 15 is 0 Å². The highest BCUT2D eigenvalue weighted by Gasteiger charge is 2.40. The molecule has 1 amide bonds. The van der Waals surface area contributed by atoms with Crippen LogP contribution < -0.4 is 11.1 Å². The molecule has 3 aliphatic heterocycles. The number of hydrogen-bond donors (Lipinski definition) is 2. The Labute approximate surface area is 148 Å². The van der Waals surface area contributed by atoms with E-state index < -0.39 is 0 Å². The molecule has 3 N–H and O–H groups in total. The summed E-state index contributed by atoms with van der Waals surface area (Å²) in [6.45, 7) is 6.50. The number of nitrogens with two attached hydrogens (primary N) is 1. The van der Waals surface area contributed by atoms with Gasteiger partial charge in [-0.3, -0.25) is 9.69 Å². The maximum atomic E-state index is 12.7. The minimum absolute atomic E-state index is 0.137. The molecule has 132 valence electrons. The summed E-state index contributed by atoms with van der Waals surface area (Å²) in [6.07, 6.45) is 2.33. The quantitative estimate of drug-likeness (QED) is 0.843. The van der Waals surface area contributed by atoms with Crippen molar-refractivity contribution in [2.24, 2.45) is 5.92 Å². The number of amides is 1. The predicted octanol–water partition coefficient (Wildman–Crippen LogP) is 3.05. The molecule has 2 bridgehead atoms. The summed E-state index contributed by atoms with van der Waals surface area (Å²) in [6, 6.07) is 9.97. The van der Waals surface area contributed by atoms with Gasteiger partial charge in [-0.25, -0.2) is 0 Å². The van der Waals surface area contributed by atoms with Gasteiger partial charge >= 0.3 is 0 Å². The molecule has 3 aliphatic rings. The van der Waals surface area contributed by atoms with Crippen molar-refractivity contribution in [2.75, 3.05) is 18.8 Å². The van der Waals surface area contributed by atoms with E-state index in [2.05, 4.69) is 17.1 Å². The Balaban J connectivity index is 1.51. The van der Waals surface area contributed by atoms with Gasteiger partial charge < -0.3 is 15.5 Å². The van der Waals surface area contributed by atoms with E-state index in [0.717, 1.165) is 24.2 Å². The fraction of sp³-hybridized carbons (Fsp3) is 0.450. The number of carbonyl (C=O) groups is 1. The molecule has 0 aliphatic carbocycles. The number of nitrogens with zero attached hydrogens (tertiary/aromatic N) is 1. The Morgan fingerprint density at radius 1 is 1.24 bits per heavy atom. The van der Waals surface area contributed by atoms with Gasteiger partial charge in [-0.1, -0.05) is 6.07 Å². The van der Waals surface area contributed by atoms with Gasteiger partial charge in [0.15, 0.2) is 5.76 Å². The van der Waals surface area contributed by atoms with Crippen LogP contribution in [0.1, 0.15) is 35.9 Å². The van der Waals surface area contributed by atoms with E-state index in [1.807, 2.05) is 31.2 Å². The molecule has 1 aromatic carbocycles. The van der Waals surface area contributed by atoms with Gasteiger partial charge in [0.05, 0.1) is 0 Å². The van der Waals surface area contributed by atoms with Gasteiger partial charge in [0, 0.05) is 23.3 Å². The Morgan fingerprint density at radius 3 is 2.68 bits per heavy atom. The number of hydrogen-bond acceptors (Lipinski definition) is 4. The number of nitrogen functional groups attached to an aromatic ring is 1. The summed E-state index contributed by atoms with van der Waals surface area (Å²) < 4.78 is 5.80. The lowest BCUT2D eigenvalue weighted by Crippen LogP contribution is -2.62. The van der Waals surface area contributed by atoms with E-state index in [0.29, 0.717) is 29.2 Å². The van der Waals surface area contributed by atoms with Crippen LogP contribution in [0.15, 0.2) is 34.7 Å². The average molecular weight is 339 g/mol. The van der Waals surface area contributed by atoms with Crippen LogP contribution in [0.2, 0.25) is 0 Å². The van der Waals surface area contributed by atoms with E-state index in [1.165, 1.54) is 12.8 Å². The number of carbonyl (C=O) groups excluding carboxylic acids is 1. The lowest BCUT2D eigenvalue weighted by molar-refractivity contribution is 0.0211. The van der Waals surface area contributed by atoms with Crippen LogP contribution in [0, 0.1) is 12.8 Å². The monoisotopic (exact) mass is 339 g/mol. The number of fused-ring (bicyclic) bond motifs is 3. The molecule has 1 aromatic heterocycles. The third kappa shape index (κ3) is 2.93. The summed E-state index contributed by atoms with van der Waals surface area (Å²) in [5.41, 5.74) is 8.66. The van der Waals surface area contributed by atoms with E-state index in [-0.39, 0.29) is 11.9 Å². The fourth-order valence-electron chi connectivity index (χ4n) is 4.28. The number of furan rings is 1. The molecular formula is C20H25N3O2. The number of piperidine rings is 3. The standard InChI is InChI=1S/C20H25N3O2/c1-12-3-4-15(16(21)11-12)17-5-6-18(25-17)20(24)22-19-13(2)23-9-7-14(19)8-10-23/h3-6,11,13-14,19H,7-10,21H2,1-2H3,(H,22,24)/t13-,19-/m0/s1. The molecule has 0 saturated carbocycles. The van der Waals surface area contributed by atoms with Crippen LogP contribution in [0.4, 0.5) is 5.69 Å². The number of aryl methyl sites for hydroxylation is 1. The van der Waals surface area contributed by atoms with Gasteiger partial charge in [-0.15, -0.1) is 0 Å². The Hall–Kier alpha value is -2.27. The molecule has 0 unspecified atom stereocenters. The lowest BCUT2D eigenvalue weighted by Gasteiger charge is -2.49. The highest BCUT2D eigenvalue weighted by molar-refractivity contribution is 5.92. The van der Waals surface area contributed by atoms with E-state index in [9.17, 15) is 4.79 Å². The minimum atomic E-state index is -0.137. The second-order valence-electron chi connectivity index (χ2n) is 7.37. The summed E-state index contributed by atoms with van der Waals surface area (Å²) in [7, 11) is 0.